The molecule has 0 aliphatic carbocycles. The molecule has 0 saturated carbocycles. The Morgan fingerprint density at radius 1 is 1.32 bits per heavy atom. The van der Waals surface area contributed by atoms with Crippen molar-refractivity contribution in [2.24, 2.45) is 10.9 Å². The molecule has 0 aliphatic heterocycles. The molecule has 0 spiro atoms. The molecule has 2 rings (SSSR count). The van der Waals surface area contributed by atoms with Gasteiger partial charge in [-0.05, 0) is 37.0 Å². The largest absolute Gasteiger partial charge is 0.350 e. The number of imidazole rings is 1. The van der Waals surface area contributed by atoms with Crippen LogP contribution in [0.3, 0.4) is 0 Å². The van der Waals surface area contributed by atoms with Crippen LogP contribution in [-0.4, -0.2) is 22.6 Å². The van der Waals surface area contributed by atoms with Gasteiger partial charge >= 0.3 is 0 Å². The van der Waals surface area contributed by atoms with Crippen LogP contribution in [0.5, 0.6) is 0 Å². The number of hydrogen-bond acceptors (Lipinski definition) is 2. The molecule has 0 amide bonds. The van der Waals surface area contributed by atoms with Gasteiger partial charge in [-0.2, -0.15) is 0 Å². The summed E-state index contributed by atoms with van der Waals surface area (Å²) in [5.74, 6) is 1.99. The average molecular weight is 345 g/mol. The Kier molecular flexibility index (Phi) is 6.56. The molecule has 2 N–H and O–H groups in total. The Labute approximate surface area is 149 Å². The second-order valence-corrected chi connectivity index (χ2v) is 6.69. The van der Waals surface area contributed by atoms with Crippen molar-refractivity contribution >= 4 is 5.96 Å². The number of aliphatic imine (C=N–C) groups is 1. The highest BCUT2D eigenvalue weighted by Crippen LogP contribution is 2.16. The van der Waals surface area contributed by atoms with E-state index in [1.165, 1.54) is 0 Å². The van der Waals surface area contributed by atoms with Crippen LogP contribution in [0, 0.1) is 18.7 Å². The van der Waals surface area contributed by atoms with Gasteiger partial charge in [-0.15, -0.1) is 0 Å². The number of nitrogens with zero attached hydrogens (tertiary/aromatic N) is 3. The summed E-state index contributed by atoms with van der Waals surface area (Å²) in [5, 5.41) is 6.56. The van der Waals surface area contributed by atoms with E-state index in [1.807, 2.05) is 25.4 Å². The molecule has 136 valence electrons. The Morgan fingerprint density at radius 2 is 2.08 bits per heavy atom. The van der Waals surface area contributed by atoms with Gasteiger partial charge in [-0.3, -0.25) is 4.99 Å². The predicted octanol–water partition coefficient (Wildman–Crippen LogP) is 3.41. The molecular formula is C19H28FN5. The minimum Gasteiger partial charge on any atom is -0.350 e. The first-order valence-electron chi connectivity index (χ1n) is 8.64. The van der Waals surface area contributed by atoms with Crippen LogP contribution >= 0.6 is 0 Å². The molecular weight excluding hydrogens is 317 g/mol. The maximum atomic E-state index is 13.8. The van der Waals surface area contributed by atoms with Crippen molar-refractivity contribution in [2.45, 2.75) is 46.8 Å². The van der Waals surface area contributed by atoms with Gasteiger partial charge in [0.25, 0.3) is 0 Å². The highest BCUT2D eigenvalue weighted by molar-refractivity contribution is 5.80. The van der Waals surface area contributed by atoms with E-state index in [9.17, 15) is 4.39 Å². The summed E-state index contributed by atoms with van der Waals surface area (Å²) < 4.78 is 15.9. The second-order valence-electron chi connectivity index (χ2n) is 6.69. The van der Waals surface area contributed by atoms with Crippen molar-refractivity contribution in [3.8, 4) is 0 Å². The first kappa shape index (κ1) is 19.0. The van der Waals surface area contributed by atoms with Crippen LogP contribution in [0.2, 0.25) is 0 Å². The van der Waals surface area contributed by atoms with Gasteiger partial charge in [0.1, 0.15) is 11.6 Å². The van der Waals surface area contributed by atoms with Crippen molar-refractivity contribution in [1.82, 2.24) is 20.2 Å². The van der Waals surface area contributed by atoms with E-state index in [4.69, 9.17) is 0 Å². The minimum atomic E-state index is -0.190. The molecule has 25 heavy (non-hydrogen) atoms. The summed E-state index contributed by atoms with van der Waals surface area (Å²) in [6.07, 6.45) is 3.80. The van der Waals surface area contributed by atoms with E-state index in [2.05, 4.69) is 39.0 Å². The maximum Gasteiger partial charge on any atom is 0.191 e. The number of hydrogen-bond donors (Lipinski definition) is 2. The molecule has 1 atom stereocenters. The van der Waals surface area contributed by atoms with E-state index < -0.39 is 0 Å². The molecule has 0 radical (unpaired) electrons. The predicted molar refractivity (Wildman–Crippen MR) is 100.0 cm³/mol. The first-order valence-corrected chi connectivity index (χ1v) is 8.64. The van der Waals surface area contributed by atoms with Crippen molar-refractivity contribution in [3.63, 3.8) is 0 Å². The molecule has 6 heteroatoms. The Hall–Kier alpha value is -2.37. The van der Waals surface area contributed by atoms with Gasteiger partial charge < -0.3 is 15.2 Å². The van der Waals surface area contributed by atoms with Crippen molar-refractivity contribution in [2.75, 3.05) is 7.05 Å². The summed E-state index contributed by atoms with van der Waals surface area (Å²) in [4.78, 5) is 8.65. The summed E-state index contributed by atoms with van der Waals surface area (Å²) in [6.45, 7) is 9.62. The third-order valence-corrected chi connectivity index (χ3v) is 4.05. The first-order chi connectivity index (χ1) is 11.9. The molecule has 0 saturated heterocycles. The lowest BCUT2D eigenvalue weighted by molar-refractivity contribution is 0.503. The highest BCUT2D eigenvalue weighted by atomic mass is 19.1. The summed E-state index contributed by atoms with van der Waals surface area (Å²) in [6, 6.07) is 5.23. The third-order valence-electron chi connectivity index (χ3n) is 4.05. The lowest BCUT2D eigenvalue weighted by Crippen LogP contribution is -2.38. The van der Waals surface area contributed by atoms with Gasteiger partial charge in [0.15, 0.2) is 5.96 Å². The van der Waals surface area contributed by atoms with Crippen LogP contribution < -0.4 is 10.6 Å². The number of aromatic nitrogens is 2. The number of guanidine groups is 1. The van der Waals surface area contributed by atoms with Crippen molar-refractivity contribution in [1.29, 1.82) is 0 Å². The van der Waals surface area contributed by atoms with E-state index >= 15 is 0 Å². The zero-order valence-corrected chi connectivity index (χ0v) is 15.7. The molecule has 1 unspecified atom stereocenters. The minimum absolute atomic E-state index is 0.0586. The maximum absolute atomic E-state index is 13.8. The lowest BCUT2D eigenvalue weighted by atomic mass is 10.1. The molecule has 0 aliphatic rings. The zero-order valence-electron chi connectivity index (χ0n) is 15.7. The van der Waals surface area contributed by atoms with Gasteiger partial charge in [-0.25, -0.2) is 9.37 Å². The highest BCUT2D eigenvalue weighted by Gasteiger charge is 2.11. The van der Waals surface area contributed by atoms with Crippen LogP contribution in [0.4, 0.5) is 4.39 Å². The quantitative estimate of drug-likeness (QED) is 0.623. The molecule has 1 aromatic carbocycles. The van der Waals surface area contributed by atoms with Gasteiger partial charge in [0.2, 0.25) is 0 Å². The fourth-order valence-electron chi connectivity index (χ4n) is 2.59. The molecule has 0 bridgehead atoms. The third kappa shape index (κ3) is 5.31. The fourth-order valence-corrected chi connectivity index (χ4v) is 2.59. The number of halogens is 1. The van der Waals surface area contributed by atoms with Crippen LogP contribution in [0.15, 0.2) is 35.6 Å². The molecule has 0 fully saturated rings. The number of nitrogens with one attached hydrogen (secondary N) is 2. The van der Waals surface area contributed by atoms with Crippen LogP contribution in [0.1, 0.15) is 43.8 Å². The van der Waals surface area contributed by atoms with Gasteiger partial charge in [0.05, 0.1) is 12.6 Å². The molecule has 5 nitrogen and oxygen atoms in total. The van der Waals surface area contributed by atoms with E-state index in [-0.39, 0.29) is 11.9 Å². The number of aryl methyl sites for hydroxylation is 1. The number of rotatable bonds is 6. The van der Waals surface area contributed by atoms with Gasteiger partial charge in [0, 0.05) is 26.0 Å². The molecule has 1 aromatic heterocycles. The Morgan fingerprint density at radius 3 is 2.72 bits per heavy atom. The van der Waals surface area contributed by atoms with E-state index in [1.54, 1.807) is 26.1 Å². The van der Waals surface area contributed by atoms with E-state index in [0.29, 0.717) is 24.0 Å². The van der Waals surface area contributed by atoms with Crippen LogP contribution in [0.25, 0.3) is 0 Å². The van der Waals surface area contributed by atoms with E-state index in [0.717, 1.165) is 17.9 Å². The summed E-state index contributed by atoms with van der Waals surface area (Å²) >= 11 is 0. The summed E-state index contributed by atoms with van der Waals surface area (Å²) in [5.41, 5.74) is 1.53. The van der Waals surface area contributed by atoms with Crippen LogP contribution in [-0.2, 0) is 13.1 Å². The summed E-state index contributed by atoms with van der Waals surface area (Å²) in [7, 11) is 1.72. The van der Waals surface area contributed by atoms with Gasteiger partial charge in [-0.1, -0.05) is 26.0 Å². The van der Waals surface area contributed by atoms with Crippen molar-refractivity contribution < 1.29 is 4.39 Å². The standard InChI is InChI=1S/C19H28FN5/c1-13(2)12-25-9-8-22-18(25)11-23-19(21-5)24-15(4)16-7-6-14(3)17(20)10-16/h6-10,13,15H,11-12H2,1-5H3,(H2,21,23,24). The zero-order chi connectivity index (χ0) is 18.4. The molecule has 2 aromatic rings. The smallest absolute Gasteiger partial charge is 0.191 e. The second kappa shape index (κ2) is 8.65. The normalized spacial score (nSPS) is 13.2. The monoisotopic (exact) mass is 345 g/mol. The molecule has 1 heterocycles. The Balaban J connectivity index is 1.96. The lowest BCUT2D eigenvalue weighted by Gasteiger charge is -2.19. The fraction of sp³-hybridized carbons (Fsp3) is 0.474. The number of benzene rings is 1. The average Bonchev–Trinajstić information content (AvgIpc) is 3.00. The topological polar surface area (TPSA) is 54.2 Å². The Bertz CT molecular complexity index is 720. The van der Waals surface area contributed by atoms with Crippen molar-refractivity contribution in [3.05, 3.63) is 53.4 Å². The SMILES string of the molecule is CN=C(NCc1nccn1CC(C)C)NC(C)c1ccc(C)c(F)c1.